The van der Waals surface area contributed by atoms with E-state index in [0.29, 0.717) is 5.11 Å². The van der Waals surface area contributed by atoms with E-state index in [1.54, 1.807) is 6.20 Å². The summed E-state index contributed by atoms with van der Waals surface area (Å²) in [4.78, 5) is 4.50. The molecular weight excluding hydrogens is 424 g/mol. The number of halogens is 1. The van der Waals surface area contributed by atoms with Crippen LogP contribution in [-0.4, -0.2) is 16.6 Å². The number of para-hydroxylation sites is 1. The molecule has 3 N–H and O–H groups in total. The predicted molar refractivity (Wildman–Crippen MR) is 135 cm³/mol. The van der Waals surface area contributed by atoms with Gasteiger partial charge in [0.15, 0.2) is 5.11 Å². The van der Waals surface area contributed by atoms with Crippen LogP contribution >= 0.6 is 23.8 Å². The molecule has 0 amide bonds. The Hall–Kier alpha value is -2.63. The zero-order chi connectivity index (χ0) is 21.7. The topological polar surface area (TPSA) is 49.0 Å². The van der Waals surface area contributed by atoms with E-state index in [1.165, 1.54) is 24.0 Å². The normalized spacial score (nSPS) is 14.8. The van der Waals surface area contributed by atoms with Crippen LogP contribution in [0.5, 0.6) is 0 Å². The van der Waals surface area contributed by atoms with Crippen LogP contribution in [0.2, 0.25) is 5.02 Å². The highest BCUT2D eigenvalue weighted by molar-refractivity contribution is 7.80. The Kier molecular flexibility index (Phi) is 6.73. The Morgan fingerprint density at radius 2 is 1.77 bits per heavy atom. The second-order valence-electron chi connectivity index (χ2n) is 8.17. The summed E-state index contributed by atoms with van der Waals surface area (Å²) in [5, 5.41) is 11.4. The molecule has 0 bridgehead atoms. The molecule has 1 aliphatic carbocycles. The summed E-state index contributed by atoms with van der Waals surface area (Å²) in [6, 6.07) is 20.3. The minimum absolute atomic E-state index is 0.107. The highest BCUT2D eigenvalue weighted by Crippen LogP contribution is 2.41. The number of benzene rings is 2. The monoisotopic (exact) mass is 450 g/mol. The van der Waals surface area contributed by atoms with Crippen LogP contribution in [-0.2, 0) is 5.41 Å². The van der Waals surface area contributed by atoms with Crippen molar-refractivity contribution in [3.05, 3.63) is 83.0 Å². The van der Waals surface area contributed by atoms with Crippen molar-refractivity contribution in [3.63, 3.8) is 0 Å². The number of aromatic nitrogens is 1. The van der Waals surface area contributed by atoms with Gasteiger partial charge in [0, 0.05) is 22.7 Å². The van der Waals surface area contributed by atoms with Crippen LogP contribution < -0.4 is 16.0 Å². The first kappa shape index (κ1) is 21.6. The first-order chi connectivity index (χ1) is 15.0. The molecule has 4 nitrogen and oxygen atoms in total. The molecule has 0 radical (unpaired) electrons. The lowest BCUT2D eigenvalue weighted by Gasteiger charge is -2.30. The molecule has 0 spiro atoms. The molecule has 6 heteroatoms. The number of anilines is 3. The van der Waals surface area contributed by atoms with Gasteiger partial charge in [-0.2, -0.15) is 0 Å². The zero-order valence-corrected chi connectivity index (χ0v) is 19.2. The zero-order valence-electron chi connectivity index (χ0n) is 17.6. The van der Waals surface area contributed by atoms with Gasteiger partial charge in [-0.3, -0.25) is 0 Å². The largest absolute Gasteiger partial charge is 0.362 e. The molecule has 1 heterocycles. The molecule has 2 aromatic carbocycles. The summed E-state index contributed by atoms with van der Waals surface area (Å²) >= 11 is 11.6. The summed E-state index contributed by atoms with van der Waals surface area (Å²) in [7, 11) is 0. The lowest BCUT2D eigenvalue weighted by atomic mass is 9.79. The summed E-state index contributed by atoms with van der Waals surface area (Å²) < 4.78 is 0. The Balaban J connectivity index is 1.35. The Morgan fingerprint density at radius 3 is 2.45 bits per heavy atom. The van der Waals surface area contributed by atoms with Gasteiger partial charge in [-0.1, -0.05) is 54.8 Å². The van der Waals surface area contributed by atoms with Gasteiger partial charge in [0.1, 0.15) is 5.82 Å². The van der Waals surface area contributed by atoms with Crippen molar-refractivity contribution in [3.8, 4) is 0 Å². The molecule has 0 unspecified atom stereocenters. The van der Waals surface area contributed by atoms with Crippen molar-refractivity contribution in [1.29, 1.82) is 0 Å². The Morgan fingerprint density at radius 1 is 1.03 bits per heavy atom. The van der Waals surface area contributed by atoms with Crippen LogP contribution in [0, 0.1) is 6.92 Å². The van der Waals surface area contributed by atoms with E-state index < -0.39 is 0 Å². The van der Waals surface area contributed by atoms with Gasteiger partial charge in [-0.25, -0.2) is 4.98 Å². The van der Waals surface area contributed by atoms with Crippen molar-refractivity contribution in [2.45, 2.75) is 38.0 Å². The van der Waals surface area contributed by atoms with E-state index in [2.05, 4.69) is 46.1 Å². The maximum Gasteiger partial charge on any atom is 0.170 e. The molecular formula is C25H27ClN4S. The third-order valence-electron chi connectivity index (χ3n) is 6.03. The van der Waals surface area contributed by atoms with E-state index in [-0.39, 0.29) is 5.41 Å². The van der Waals surface area contributed by atoms with Crippen molar-refractivity contribution in [1.82, 2.24) is 10.3 Å². The van der Waals surface area contributed by atoms with Crippen LogP contribution in [0.3, 0.4) is 0 Å². The maximum atomic E-state index is 6.09. The molecule has 160 valence electrons. The first-order valence-electron chi connectivity index (χ1n) is 10.6. The fraction of sp³-hybridized carbons (Fsp3) is 0.280. The highest BCUT2D eigenvalue weighted by Gasteiger charge is 2.35. The number of rotatable bonds is 6. The van der Waals surface area contributed by atoms with E-state index in [9.17, 15) is 0 Å². The number of pyridine rings is 1. The molecule has 1 aromatic heterocycles. The lowest BCUT2D eigenvalue weighted by molar-refractivity contribution is 0.435. The van der Waals surface area contributed by atoms with Gasteiger partial charge < -0.3 is 16.0 Å². The summed E-state index contributed by atoms with van der Waals surface area (Å²) in [6.07, 6.45) is 6.59. The van der Waals surface area contributed by atoms with Crippen molar-refractivity contribution < 1.29 is 0 Å². The fourth-order valence-corrected chi connectivity index (χ4v) is 4.56. The van der Waals surface area contributed by atoms with Gasteiger partial charge in [-0.05, 0) is 73.4 Å². The number of aryl methyl sites for hydroxylation is 1. The van der Waals surface area contributed by atoms with Crippen LogP contribution in [0.1, 0.15) is 36.8 Å². The third-order valence-corrected chi connectivity index (χ3v) is 6.53. The number of nitrogens with one attached hydrogen (secondary N) is 3. The summed E-state index contributed by atoms with van der Waals surface area (Å²) in [5.41, 5.74) is 4.53. The minimum Gasteiger partial charge on any atom is -0.362 e. The SMILES string of the molecule is Cc1ccccc1Nc1ccc(NC(=S)NCC2(c3ccc(Cl)cc3)CCCC2)cn1. The molecule has 31 heavy (non-hydrogen) atoms. The van der Waals surface area contributed by atoms with Crippen molar-refractivity contribution >= 4 is 46.1 Å². The molecule has 3 aromatic rings. The average molecular weight is 451 g/mol. The highest BCUT2D eigenvalue weighted by atomic mass is 35.5. The van der Waals surface area contributed by atoms with Gasteiger partial charge in [-0.15, -0.1) is 0 Å². The second-order valence-corrected chi connectivity index (χ2v) is 9.02. The Bertz CT molecular complexity index is 1030. The number of hydrogen-bond donors (Lipinski definition) is 3. The molecule has 0 saturated heterocycles. The van der Waals surface area contributed by atoms with Crippen molar-refractivity contribution in [2.75, 3.05) is 17.2 Å². The number of hydrogen-bond acceptors (Lipinski definition) is 3. The first-order valence-corrected chi connectivity index (χ1v) is 11.4. The van der Waals surface area contributed by atoms with Crippen LogP contribution in [0.15, 0.2) is 66.9 Å². The predicted octanol–water partition coefficient (Wildman–Crippen LogP) is 6.59. The van der Waals surface area contributed by atoms with Gasteiger partial charge >= 0.3 is 0 Å². The molecule has 4 rings (SSSR count). The molecule has 0 aliphatic heterocycles. The van der Waals surface area contributed by atoms with Gasteiger partial charge in [0.05, 0.1) is 11.9 Å². The third kappa shape index (κ3) is 5.35. The van der Waals surface area contributed by atoms with Gasteiger partial charge in [0.2, 0.25) is 0 Å². The number of nitrogens with zero attached hydrogens (tertiary/aromatic N) is 1. The second kappa shape index (κ2) is 9.67. The summed E-state index contributed by atoms with van der Waals surface area (Å²) in [5.74, 6) is 0.798. The standard InChI is InChI=1S/C25H27ClN4S/c1-18-6-2-3-7-22(18)30-23-13-12-21(16-27-23)29-24(31)28-17-25(14-4-5-15-25)19-8-10-20(26)11-9-19/h2-3,6-13,16H,4-5,14-15,17H2,1H3,(H,27,30)(H2,28,29,31). The van der Waals surface area contributed by atoms with E-state index in [0.717, 1.165) is 41.6 Å². The molecule has 1 fully saturated rings. The van der Waals surface area contributed by atoms with E-state index >= 15 is 0 Å². The molecule has 1 aliphatic rings. The lowest BCUT2D eigenvalue weighted by Crippen LogP contribution is -2.40. The number of thiocarbonyl (C=S) groups is 1. The quantitative estimate of drug-likeness (QED) is 0.370. The molecule has 1 saturated carbocycles. The molecule has 0 atom stereocenters. The van der Waals surface area contributed by atoms with E-state index in [4.69, 9.17) is 23.8 Å². The maximum absolute atomic E-state index is 6.09. The van der Waals surface area contributed by atoms with Crippen LogP contribution in [0.25, 0.3) is 0 Å². The fourth-order valence-electron chi connectivity index (χ4n) is 4.24. The Labute approximate surface area is 194 Å². The van der Waals surface area contributed by atoms with Gasteiger partial charge in [0.25, 0.3) is 0 Å². The average Bonchev–Trinajstić information content (AvgIpc) is 3.26. The minimum atomic E-state index is 0.107. The smallest absolute Gasteiger partial charge is 0.170 e. The summed E-state index contributed by atoms with van der Waals surface area (Å²) in [6.45, 7) is 2.88. The van der Waals surface area contributed by atoms with Crippen molar-refractivity contribution in [2.24, 2.45) is 0 Å². The van der Waals surface area contributed by atoms with Crippen LogP contribution in [0.4, 0.5) is 17.2 Å². The van der Waals surface area contributed by atoms with E-state index in [1.807, 2.05) is 42.5 Å².